The lowest BCUT2D eigenvalue weighted by molar-refractivity contribution is -0.119. The number of hydrogen-bond donors (Lipinski definition) is 1. The number of amides is 1. The molecule has 1 N–H and O–H groups in total. The van der Waals surface area contributed by atoms with Crippen LogP contribution in [0.25, 0.3) is 0 Å². The van der Waals surface area contributed by atoms with Crippen molar-refractivity contribution >= 4 is 27.3 Å². The van der Waals surface area contributed by atoms with E-state index in [1.807, 2.05) is 30.3 Å². The first-order valence-corrected chi connectivity index (χ1v) is 10.8. The summed E-state index contributed by atoms with van der Waals surface area (Å²) < 4.78 is 54.0. The molecule has 8 heteroatoms. The van der Waals surface area contributed by atoms with Gasteiger partial charge in [0, 0.05) is 17.8 Å². The number of rotatable bonds is 5. The second-order valence-corrected chi connectivity index (χ2v) is 8.67. The van der Waals surface area contributed by atoms with Crippen LogP contribution in [0.3, 0.4) is 0 Å². The zero-order valence-electron chi connectivity index (χ0n) is 15.8. The first-order chi connectivity index (χ1) is 14.3. The van der Waals surface area contributed by atoms with E-state index in [1.165, 1.54) is 0 Å². The number of benzene rings is 3. The van der Waals surface area contributed by atoms with Crippen LogP contribution in [-0.2, 0) is 27.8 Å². The normalized spacial score (nSPS) is 13.8. The summed E-state index contributed by atoms with van der Waals surface area (Å²) in [7, 11) is -4.09. The minimum Gasteiger partial charge on any atom is -0.308 e. The number of nitrogens with one attached hydrogen (secondary N) is 1. The van der Waals surface area contributed by atoms with Gasteiger partial charge in [0.05, 0.1) is 11.4 Å². The fourth-order valence-corrected chi connectivity index (χ4v) is 4.48. The van der Waals surface area contributed by atoms with Crippen molar-refractivity contribution in [3.05, 3.63) is 89.5 Å². The minimum absolute atomic E-state index is 0.00136. The first kappa shape index (κ1) is 20.0. The molecule has 154 valence electrons. The van der Waals surface area contributed by atoms with Crippen molar-refractivity contribution in [2.24, 2.45) is 0 Å². The zero-order chi connectivity index (χ0) is 21.3. The number of anilines is 2. The molecular formula is C22H18F2N2O3S. The highest BCUT2D eigenvalue weighted by atomic mass is 32.2. The molecule has 1 amide bonds. The van der Waals surface area contributed by atoms with Gasteiger partial charge in [0.15, 0.2) is 11.6 Å². The van der Waals surface area contributed by atoms with E-state index in [-0.39, 0.29) is 16.5 Å². The summed E-state index contributed by atoms with van der Waals surface area (Å²) in [6, 6.07) is 16.9. The number of halogens is 2. The smallest absolute Gasteiger partial charge is 0.261 e. The van der Waals surface area contributed by atoms with Crippen LogP contribution in [-0.4, -0.2) is 14.3 Å². The number of hydrogen-bond acceptors (Lipinski definition) is 3. The molecule has 0 aliphatic carbocycles. The number of carbonyl (C=O) groups excluding carboxylic acids is 1. The zero-order valence-corrected chi connectivity index (χ0v) is 16.6. The highest BCUT2D eigenvalue weighted by Crippen LogP contribution is 2.32. The van der Waals surface area contributed by atoms with Gasteiger partial charge in [-0.2, -0.15) is 0 Å². The van der Waals surface area contributed by atoms with Crippen molar-refractivity contribution < 1.29 is 22.0 Å². The van der Waals surface area contributed by atoms with Crippen molar-refractivity contribution in [2.75, 3.05) is 9.62 Å². The number of sulfonamides is 1. The molecule has 1 heterocycles. The molecule has 0 fully saturated rings. The third-order valence-electron chi connectivity index (χ3n) is 4.92. The van der Waals surface area contributed by atoms with Crippen LogP contribution in [0.15, 0.2) is 71.6 Å². The highest BCUT2D eigenvalue weighted by Gasteiger charge is 2.25. The molecule has 0 unspecified atom stereocenters. The maximum atomic E-state index is 13.4. The number of fused-ring (bicyclic) bond motifs is 1. The maximum absolute atomic E-state index is 13.4. The Morgan fingerprint density at radius 2 is 1.67 bits per heavy atom. The lowest BCUT2D eigenvalue weighted by Gasteiger charge is -2.30. The molecule has 0 aromatic heterocycles. The Bertz CT molecular complexity index is 1210. The molecule has 1 aliphatic rings. The van der Waals surface area contributed by atoms with E-state index in [4.69, 9.17) is 0 Å². The summed E-state index contributed by atoms with van der Waals surface area (Å²) in [5.41, 5.74) is 2.83. The van der Waals surface area contributed by atoms with Gasteiger partial charge in [-0.1, -0.05) is 30.3 Å². The van der Waals surface area contributed by atoms with Crippen molar-refractivity contribution in [1.82, 2.24) is 0 Å². The van der Waals surface area contributed by atoms with Gasteiger partial charge in [-0.05, 0) is 53.9 Å². The van der Waals surface area contributed by atoms with Gasteiger partial charge in [-0.25, -0.2) is 17.2 Å². The maximum Gasteiger partial charge on any atom is 0.261 e. The van der Waals surface area contributed by atoms with Gasteiger partial charge < -0.3 is 4.90 Å². The monoisotopic (exact) mass is 428 g/mol. The number of carbonyl (C=O) groups is 1. The molecule has 3 aromatic rings. The number of aryl methyl sites for hydroxylation is 1. The van der Waals surface area contributed by atoms with Crippen LogP contribution in [0.2, 0.25) is 0 Å². The molecule has 0 spiro atoms. The van der Waals surface area contributed by atoms with Gasteiger partial charge in [-0.15, -0.1) is 0 Å². The predicted molar refractivity (Wildman–Crippen MR) is 110 cm³/mol. The fraction of sp³-hybridized carbons (Fsp3) is 0.136. The van der Waals surface area contributed by atoms with Gasteiger partial charge >= 0.3 is 0 Å². The standard InChI is InChI=1S/C22H18F2N2O3S/c23-19-9-8-18(13-20(19)24)30(28,29)25-17-7-10-21-16(12-17)6-11-22(27)26(21)14-15-4-2-1-3-5-15/h1-5,7-10,12-13,25H,6,11,14H2. The summed E-state index contributed by atoms with van der Waals surface area (Å²) in [5, 5.41) is 0. The van der Waals surface area contributed by atoms with E-state index in [9.17, 15) is 22.0 Å². The van der Waals surface area contributed by atoms with Crippen molar-refractivity contribution in [3.63, 3.8) is 0 Å². The third kappa shape index (κ3) is 4.04. The van der Waals surface area contributed by atoms with E-state index < -0.39 is 21.7 Å². The molecule has 0 bridgehead atoms. The lowest BCUT2D eigenvalue weighted by Crippen LogP contribution is -2.34. The topological polar surface area (TPSA) is 66.5 Å². The van der Waals surface area contributed by atoms with Crippen LogP contribution in [0.5, 0.6) is 0 Å². The van der Waals surface area contributed by atoms with Gasteiger partial charge in [-0.3, -0.25) is 9.52 Å². The van der Waals surface area contributed by atoms with Crippen molar-refractivity contribution in [3.8, 4) is 0 Å². The Balaban J connectivity index is 1.60. The number of nitrogens with zero attached hydrogens (tertiary/aromatic N) is 1. The van der Waals surface area contributed by atoms with E-state index >= 15 is 0 Å². The lowest BCUT2D eigenvalue weighted by atomic mass is 10.00. The largest absolute Gasteiger partial charge is 0.308 e. The molecule has 0 atom stereocenters. The molecule has 5 nitrogen and oxygen atoms in total. The molecule has 30 heavy (non-hydrogen) atoms. The summed E-state index contributed by atoms with van der Waals surface area (Å²) in [6.07, 6.45) is 0.805. The molecule has 0 radical (unpaired) electrons. The second-order valence-electron chi connectivity index (χ2n) is 6.99. The van der Waals surface area contributed by atoms with Crippen LogP contribution >= 0.6 is 0 Å². The SMILES string of the molecule is O=C1CCc2cc(NS(=O)(=O)c3ccc(F)c(F)c3)ccc2N1Cc1ccccc1. The third-order valence-corrected chi connectivity index (χ3v) is 6.30. The second kappa shape index (κ2) is 7.87. The van der Waals surface area contributed by atoms with Crippen molar-refractivity contribution in [1.29, 1.82) is 0 Å². The average Bonchev–Trinajstić information content (AvgIpc) is 2.72. The molecule has 1 aliphatic heterocycles. The van der Waals surface area contributed by atoms with E-state index in [0.29, 0.717) is 25.5 Å². The Kier molecular flexibility index (Phi) is 5.26. The molecule has 0 saturated carbocycles. The molecule has 3 aromatic carbocycles. The summed E-state index contributed by atoms with van der Waals surface area (Å²) in [5.74, 6) is -2.36. The Hall–Kier alpha value is -3.26. The Labute approximate surface area is 173 Å². The summed E-state index contributed by atoms with van der Waals surface area (Å²) in [4.78, 5) is 13.8. The molecule has 0 saturated heterocycles. The van der Waals surface area contributed by atoms with Crippen molar-refractivity contribution in [2.45, 2.75) is 24.3 Å². The molecule has 4 rings (SSSR count). The first-order valence-electron chi connectivity index (χ1n) is 9.28. The van der Waals surface area contributed by atoms with Crippen LogP contribution in [0.1, 0.15) is 17.5 Å². The summed E-state index contributed by atoms with van der Waals surface area (Å²) >= 11 is 0. The van der Waals surface area contributed by atoms with Crippen LogP contribution < -0.4 is 9.62 Å². The highest BCUT2D eigenvalue weighted by molar-refractivity contribution is 7.92. The Morgan fingerprint density at radius 3 is 2.40 bits per heavy atom. The molecular weight excluding hydrogens is 410 g/mol. The van der Waals surface area contributed by atoms with Crippen LogP contribution in [0, 0.1) is 11.6 Å². The summed E-state index contributed by atoms with van der Waals surface area (Å²) in [6.45, 7) is 0.423. The van der Waals surface area contributed by atoms with Gasteiger partial charge in [0.1, 0.15) is 0 Å². The predicted octanol–water partition coefficient (Wildman–Crippen LogP) is 4.25. The Morgan fingerprint density at radius 1 is 0.900 bits per heavy atom. The average molecular weight is 428 g/mol. The van der Waals surface area contributed by atoms with Gasteiger partial charge in [0.2, 0.25) is 5.91 Å². The van der Waals surface area contributed by atoms with Crippen LogP contribution in [0.4, 0.5) is 20.2 Å². The van der Waals surface area contributed by atoms with E-state index in [2.05, 4.69) is 4.72 Å². The minimum atomic E-state index is -4.09. The quantitative estimate of drug-likeness (QED) is 0.661. The van der Waals surface area contributed by atoms with Gasteiger partial charge in [0.25, 0.3) is 10.0 Å². The van der Waals surface area contributed by atoms with E-state index in [0.717, 1.165) is 28.9 Å². The fourth-order valence-electron chi connectivity index (χ4n) is 3.42. The van der Waals surface area contributed by atoms with E-state index in [1.54, 1.807) is 23.1 Å².